The SMILES string of the molecule is CC(C)(C)c1ccc(C2=C(C(=O)Nc3ccc(F)c(F)c3)CCCn3cccc32)cc1. The predicted octanol–water partition coefficient (Wildman–Crippen LogP) is 6.30. The number of amides is 1. The molecule has 0 saturated carbocycles. The first-order valence-electron chi connectivity index (χ1n) is 10.5. The van der Waals surface area contributed by atoms with Gasteiger partial charge in [-0.1, -0.05) is 45.0 Å². The van der Waals surface area contributed by atoms with E-state index in [0.717, 1.165) is 41.9 Å². The molecule has 0 fully saturated rings. The molecule has 1 aliphatic heterocycles. The summed E-state index contributed by atoms with van der Waals surface area (Å²) >= 11 is 0. The van der Waals surface area contributed by atoms with Crippen molar-refractivity contribution in [3.8, 4) is 0 Å². The number of halogens is 2. The molecule has 1 aliphatic rings. The quantitative estimate of drug-likeness (QED) is 0.530. The number of carbonyl (C=O) groups excluding carboxylic acids is 1. The summed E-state index contributed by atoms with van der Waals surface area (Å²) in [6, 6.07) is 15.7. The summed E-state index contributed by atoms with van der Waals surface area (Å²) < 4.78 is 29.1. The maximum absolute atomic E-state index is 13.6. The number of fused-ring (bicyclic) bond motifs is 1. The highest BCUT2D eigenvalue weighted by Gasteiger charge is 2.24. The molecule has 3 nitrogen and oxygen atoms in total. The van der Waals surface area contributed by atoms with Crippen molar-refractivity contribution in [2.75, 3.05) is 5.32 Å². The number of aryl methyl sites for hydroxylation is 1. The zero-order valence-corrected chi connectivity index (χ0v) is 18.0. The van der Waals surface area contributed by atoms with Crippen LogP contribution in [0.2, 0.25) is 0 Å². The molecular weight excluding hydrogens is 394 g/mol. The van der Waals surface area contributed by atoms with Crippen molar-refractivity contribution < 1.29 is 13.6 Å². The predicted molar refractivity (Wildman–Crippen MR) is 120 cm³/mol. The second kappa shape index (κ2) is 8.14. The van der Waals surface area contributed by atoms with Gasteiger partial charge in [-0.15, -0.1) is 0 Å². The van der Waals surface area contributed by atoms with Gasteiger partial charge in [0.15, 0.2) is 11.6 Å². The average Bonchev–Trinajstić information content (AvgIpc) is 3.10. The first kappa shape index (κ1) is 21.0. The van der Waals surface area contributed by atoms with Crippen LogP contribution in [-0.2, 0) is 16.8 Å². The third kappa shape index (κ3) is 4.31. The van der Waals surface area contributed by atoms with Crippen molar-refractivity contribution >= 4 is 17.2 Å². The van der Waals surface area contributed by atoms with Crippen molar-refractivity contribution in [1.29, 1.82) is 0 Å². The normalized spacial score (nSPS) is 14.2. The van der Waals surface area contributed by atoms with Crippen LogP contribution in [0.5, 0.6) is 0 Å². The van der Waals surface area contributed by atoms with Crippen molar-refractivity contribution in [1.82, 2.24) is 4.57 Å². The van der Waals surface area contributed by atoms with Crippen molar-refractivity contribution in [2.24, 2.45) is 0 Å². The number of hydrogen-bond acceptors (Lipinski definition) is 1. The lowest BCUT2D eigenvalue weighted by Gasteiger charge is -2.20. The minimum absolute atomic E-state index is 0.0312. The lowest BCUT2D eigenvalue weighted by molar-refractivity contribution is -0.112. The number of carbonyl (C=O) groups is 1. The molecule has 1 N–H and O–H groups in total. The summed E-state index contributed by atoms with van der Waals surface area (Å²) in [5, 5.41) is 2.75. The maximum Gasteiger partial charge on any atom is 0.252 e. The Morgan fingerprint density at radius 2 is 1.74 bits per heavy atom. The number of benzene rings is 2. The van der Waals surface area contributed by atoms with E-state index in [0.29, 0.717) is 12.0 Å². The van der Waals surface area contributed by atoms with Gasteiger partial charge >= 0.3 is 0 Å². The molecule has 0 spiro atoms. The third-order valence-electron chi connectivity index (χ3n) is 5.70. The third-order valence-corrected chi connectivity index (χ3v) is 5.70. The van der Waals surface area contributed by atoms with Crippen LogP contribution in [0, 0.1) is 11.6 Å². The van der Waals surface area contributed by atoms with E-state index in [1.807, 2.05) is 18.3 Å². The van der Waals surface area contributed by atoms with Gasteiger partial charge < -0.3 is 9.88 Å². The molecule has 5 heteroatoms. The summed E-state index contributed by atoms with van der Waals surface area (Å²) in [5.74, 6) is -2.22. The Morgan fingerprint density at radius 1 is 1.00 bits per heavy atom. The summed E-state index contributed by atoms with van der Waals surface area (Å²) in [7, 11) is 0. The van der Waals surface area contributed by atoms with Gasteiger partial charge in [-0.3, -0.25) is 4.79 Å². The van der Waals surface area contributed by atoms with Gasteiger partial charge in [0.2, 0.25) is 0 Å². The minimum atomic E-state index is -0.987. The van der Waals surface area contributed by atoms with Crippen LogP contribution >= 0.6 is 0 Å². The Morgan fingerprint density at radius 3 is 2.42 bits per heavy atom. The second-order valence-electron chi connectivity index (χ2n) is 8.95. The van der Waals surface area contributed by atoms with Crippen LogP contribution in [0.3, 0.4) is 0 Å². The molecule has 160 valence electrons. The molecule has 3 aromatic rings. The maximum atomic E-state index is 13.6. The van der Waals surface area contributed by atoms with Gasteiger partial charge in [0, 0.05) is 41.3 Å². The summed E-state index contributed by atoms with van der Waals surface area (Å²) in [6.07, 6.45) is 3.42. The summed E-state index contributed by atoms with van der Waals surface area (Å²) in [4.78, 5) is 13.3. The molecular formula is C26H26F2N2O. The Balaban J connectivity index is 1.79. The Labute approximate surface area is 181 Å². The number of aromatic nitrogens is 1. The standard InChI is InChI=1S/C26H26F2N2O/c1-26(2,3)18-10-8-17(9-11-18)24-20(6-4-14-30-15-5-7-23(24)30)25(31)29-19-12-13-21(27)22(28)16-19/h5,7-13,15-16H,4,6,14H2,1-3H3,(H,29,31). The van der Waals surface area contributed by atoms with E-state index in [1.165, 1.54) is 11.6 Å². The second-order valence-corrected chi connectivity index (χ2v) is 8.95. The molecule has 0 bridgehead atoms. The molecule has 0 aliphatic carbocycles. The smallest absolute Gasteiger partial charge is 0.252 e. The highest BCUT2D eigenvalue weighted by atomic mass is 19.2. The lowest BCUT2D eigenvalue weighted by Crippen LogP contribution is -2.16. The number of hydrogen-bond donors (Lipinski definition) is 1. The van der Waals surface area contributed by atoms with Crippen LogP contribution in [0.25, 0.3) is 5.57 Å². The fourth-order valence-electron chi connectivity index (χ4n) is 4.01. The molecule has 1 aromatic heterocycles. The Bertz CT molecular complexity index is 1150. The molecule has 4 rings (SSSR count). The van der Waals surface area contributed by atoms with Gasteiger partial charge in [-0.25, -0.2) is 8.78 Å². The largest absolute Gasteiger partial charge is 0.347 e. The van der Waals surface area contributed by atoms with Gasteiger partial charge in [-0.05, 0) is 53.6 Å². The fraction of sp³-hybridized carbons (Fsp3) is 0.269. The van der Waals surface area contributed by atoms with Crippen LogP contribution in [-0.4, -0.2) is 10.5 Å². The van der Waals surface area contributed by atoms with E-state index in [2.05, 4.69) is 54.9 Å². The fourth-order valence-corrected chi connectivity index (χ4v) is 4.01. The Kier molecular flexibility index (Phi) is 5.52. The number of nitrogens with zero attached hydrogens (tertiary/aromatic N) is 1. The van der Waals surface area contributed by atoms with Crippen LogP contribution in [0.15, 0.2) is 66.4 Å². The van der Waals surface area contributed by atoms with Crippen molar-refractivity contribution in [3.05, 3.63) is 94.8 Å². The molecule has 1 amide bonds. The molecule has 0 unspecified atom stereocenters. The first-order valence-corrected chi connectivity index (χ1v) is 10.5. The highest BCUT2D eigenvalue weighted by Crippen LogP contribution is 2.34. The number of anilines is 1. The molecule has 0 atom stereocenters. The van der Waals surface area contributed by atoms with Crippen molar-refractivity contribution in [3.63, 3.8) is 0 Å². The Hall–Kier alpha value is -3.21. The highest BCUT2D eigenvalue weighted by molar-refractivity contribution is 6.11. The zero-order chi connectivity index (χ0) is 22.2. The minimum Gasteiger partial charge on any atom is -0.347 e. The molecule has 2 heterocycles. The molecule has 2 aromatic carbocycles. The van der Waals surface area contributed by atoms with Gasteiger partial charge in [0.05, 0.1) is 0 Å². The van der Waals surface area contributed by atoms with E-state index < -0.39 is 11.6 Å². The number of nitrogens with one attached hydrogen (secondary N) is 1. The topological polar surface area (TPSA) is 34.0 Å². The van der Waals surface area contributed by atoms with Gasteiger partial charge in [-0.2, -0.15) is 0 Å². The average molecular weight is 421 g/mol. The molecule has 0 radical (unpaired) electrons. The summed E-state index contributed by atoms with van der Waals surface area (Å²) in [5.41, 5.74) is 4.95. The van der Waals surface area contributed by atoms with E-state index >= 15 is 0 Å². The monoisotopic (exact) mass is 420 g/mol. The van der Waals surface area contributed by atoms with E-state index in [-0.39, 0.29) is 17.0 Å². The summed E-state index contributed by atoms with van der Waals surface area (Å²) in [6.45, 7) is 7.31. The van der Waals surface area contributed by atoms with Crippen LogP contribution < -0.4 is 5.32 Å². The van der Waals surface area contributed by atoms with Gasteiger partial charge in [0.25, 0.3) is 5.91 Å². The molecule has 0 saturated heterocycles. The van der Waals surface area contributed by atoms with E-state index in [9.17, 15) is 13.6 Å². The van der Waals surface area contributed by atoms with Crippen molar-refractivity contribution in [2.45, 2.75) is 45.6 Å². The first-order chi connectivity index (χ1) is 14.7. The lowest BCUT2D eigenvalue weighted by atomic mass is 9.85. The zero-order valence-electron chi connectivity index (χ0n) is 18.0. The number of rotatable bonds is 3. The van der Waals surface area contributed by atoms with Crippen LogP contribution in [0.4, 0.5) is 14.5 Å². The van der Waals surface area contributed by atoms with E-state index in [1.54, 1.807) is 0 Å². The van der Waals surface area contributed by atoms with Crippen LogP contribution in [0.1, 0.15) is 50.4 Å². The van der Waals surface area contributed by atoms with Gasteiger partial charge in [0.1, 0.15) is 0 Å². The van der Waals surface area contributed by atoms with E-state index in [4.69, 9.17) is 0 Å². The molecule has 31 heavy (non-hydrogen) atoms.